The number of rotatable bonds is 4. The lowest BCUT2D eigenvalue weighted by Gasteiger charge is -2.31. The highest BCUT2D eigenvalue weighted by Crippen LogP contribution is 2.18. The largest absolute Gasteiger partial charge is 0.352 e. The molecule has 2 aromatic rings. The van der Waals surface area contributed by atoms with Crippen LogP contribution in [0.5, 0.6) is 0 Å². The zero-order valence-electron chi connectivity index (χ0n) is 17.2. The molecule has 3 N–H and O–H groups in total. The Morgan fingerprint density at radius 2 is 1.79 bits per heavy atom. The number of anilines is 1. The van der Waals surface area contributed by atoms with Crippen LogP contribution in [0.3, 0.4) is 0 Å². The van der Waals surface area contributed by atoms with Crippen molar-refractivity contribution in [2.24, 2.45) is 4.99 Å². The standard InChI is InChI=1S/C22H29N5O.HI/c1-16(2)25-22(28)26-20-10-8-17(9-11-20)14-24-21(23-3)27-13-12-18-6-4-5-7-19(18)15-27;/h4-11,16H,12-15H2,1-3H3,(H,23,24)(H2,25,26,28);1H. The molecular weight excluding hydrogens is 477 g/mol. The van der Waals surface area contributed by atoms with Crippen molar-refractivity contribution in [3.8, 4) is 0 Å². The molecule has 1 heterocycles. The van der Waals surface area contributed by atoms with Crippen LogP contribution in [0.2, 0.25) is 0 Å². The van der Waals surface area contributed by atoms with Gasteiger partial charge in [0.1, 0.15) is 0 Å². The lowest BCUT2D eigenvalue weighted by molar-refractivity contribution is 0.250. The van der Waals surface area contributed by atoms with Gasteiger partial charge in [0.25, 0.3) is 0 Å². The van der Waals surface area contributed by atoms with Crippen molar-refractivity contribution in [3.05, 3.63) is 65.2 Å². The third-order valence-corrected chi connectivity index (χ3v) is 4.72. The number of hydrogen-bond acceptors (Lipinski definition) is 2. The second-order valence-electron chi connectivity index (χ2n) is 7.29. The Balaban J connectivity index is 0.00000300. The van der Waals surface area contributed by atoms with E-state index in [1.807, 2.05) is 45.2 Å². The van der Waals surface area contributed by atoms with Crippen LogP contribution in [-0.4, -0.2) is 36.5 Å². The molecule has 0 spiro atoms. The lowest BCUT2D eigenvalue weighted by atomic mass is 10.0. The van der Waals surface area contributed by atoms with Gasteiger partial charge in [0.05, 0.1) is 0 Å². The highest BCUT2D eigenvalue weighted by molar-refractivity contribution is 14.0. The van der Waals surface area contributed by atoms with Gasteiger partial charge in [-0.25, -0.2) is 4.79 Å². The van der Waals surface area contributed by atoms with Gasteiger partial charge in [-0.1, -0.05) is 36.4 Å². The molecule has 0 aliphatic carbocycles. The van der Waals surface area contributed by atoms with Gasteiger partial charge < -0.3 is 20.9 Å². The molecule has 0 atom stereocenters. The highest BCUT2D eigenvalue weighted by Gasteiger charge is 2.18. The van der Waals surface area contributed by atoms with Crippen LogP contribution in [0, 0.1) is 0 Å². The predicted molar refractivity (Wildman–Crippen MR) is 130 cm³/mol. The zero-order valence-corrected chi connectivity index (χ0v) is 19.6. The first kappa shape index (κ1) is 23.0. The van der Waals surface area contributed by atoms with Gasteiger partial charge in [0.15, 0.2) is 5.96 Å². The summed E-state index contributed by atoms with van der Waals surface area (Å²) in [7, 11) is 1.82. The highest BCUT2D eigenvalue weighted by atomic mass is 127. The van der Waals surface area contributed by atoms with Crippen molar-refractivity contribution in [3.63, 3.8) is 0 Å². The number of nitrogens with zero attached hydrogens (tertiary/aromatic N) is 2. The molecule has 0 radical (unpaired) electrons. The zero-order chi connectivity index (χ0) is 19.9. The Kier molecular flexibility index (Phi) is 8.75. The van der Waals surface area contributed by atoms with Crippen LogP contribution in [-0.2, 0) is 19.5 Å². The van der Waals surface area contributed by atoms with Crippen LogP contribution >= 0.6 is 24.0 Å². The van der Waals surface area contributed by atoms with Crippen molar-refractivity contribution in [1.29, 1.82) is 0 Å². The Labute approximate surface area is 190 Å². The van der Waals surface area contributed by atoms with Gasteiger partial charge in [-0.15, -0.1) is 24.0 Å². The van der Waals surface area contributed by atoms with Gasteiger partial charge >= 0.3 is 6.03 Å². The maximum Gasteiger partial charge on any atom is 0.319 e. The summed E-state index contributed by atoms with van der Waals surface area (Å²) < 4.78 is 0. The third kappa shape index (κ3) is 6.62. The summed E-state index contributed by atoms with van der Waals surface area (Å²) in [4.78, 5) is 18.5. The summed E-state index contributed by atoms with van der Waals surface area (Å²) in [6.45, 7) is 6.39. The first-order valence-electron chi connectivity index (χ1n) is 9.74. The third-order valence-electron chi connectivity index (χ3n) is 4.72. The van der Waals surface area contributed by atoms with E-state index in [0.717, 1.165) is 36.7 Å². The summed E-state index contributed by atoms with van der Waals surface area (Å²) >= 11 is 0. The molecule has 6 nitrogen and oxygen atoms in total. The SMILES string of the molecule is CN=C(NCc1ccc(NC(=O)NC(C)C)cc1)N1CCc2ccccc2C1.I. The monoisotopic (exact) mass is 507 g/mol. The Morgan fingerprint density at radius 1 is 1.10 bits per heavy atom. The fraction of sp³-hybridized carbons (Fsp3) is 0.364. The van der Waals surface area contributed by atoms with Crippen LogP contribution in [0.4, 0.5) is 10.5 Å². The molecule has 29 heavy (non-hydrogen) atoms. The molecule has 2 aromatic carbocycles. The Bertz CT molecular complexity index is 835. The smallest absolute Gasteiger partial charge is 0.319 e. The number of nitrogens with one attached hydrogen (secondary N) is 3. The minimum absolute atomic E-state index is 0. The number of urea groups is 1. The molecule has 2 amide bonds. The molecule has 0 saturated heterocycles. The van der Waals surface area contributed by atoms with Crippen molar-refractivity contribution in [1.82, 2.24) is 15.5 Å². The van der Waals surface area contributed by atoms with Crippen LogP contribution in [0.1, 0.15) is 30.5 Å². The maximum absolute atomic E-state index is 11.8. The van der Waals surface area contributed by atoms with E-state index in [9.17, 15) is 4.79 Å². The normalized spacial score (nSPS) is 13.4. The van der Waals surface area contributed by atoms with Crippen LogP contribution < -0.4 is 16.0 Å². The van der Waals surface area contributed by atoms with Gasteiger partial charge in [-0.2, -0.15) is 0 Å². The molecule has 0 saturated carbocycles. The lowest BCUT2D eigenvalue weighted by Crippen LogP contribution is -2.43. The number of aliphatic imine (C=N–C) groups is 1. The van der Waals surface area contributed by atoms with E-state index in [0.29, 0.717) is 6.54 Å². The average molecular weight is 507 g/mol. The minimum atomic E-state index is -0.188. The Morgan fingerprint density at radius 3 is 2.45 bits per heavy atom. The van der Waals surface area contributed by atoms with E-state index in [4.69, 9.17) is 0 Å². The van der Waals surface area contributed by atoms with Crippen molar-refractivity contribution in [2.45, 2.75) is 39.4 Å². The van der Waals surface area contributed by atoms with Gasteiger partial charge in [0.2, 0.25) is 0 Å². The fourth-order valence-electron chi connectivity index (χ4n) is 3.33. The topological polar surface area (TPSA) is 68.8 Å². The number of carbonyl (C=O) groups excluding carboxylic acids is 1. The number of benzene rings is 2. The number of fused-ring (bicyclic) bond motifs is 1. The first-order valence-corrected chi connectivity index (χ1v) is 9.74. The van der Waals surface area contributed by atoms with Crippen LogP contribution in [0.25, 0.3) is 0 Å². The summed E-state index contributed by atoms with van der Waals surface area (Å²) in [5, 5.41) is 9.10. The van der Waals surface area contributed by atoms with E-state index >= 15 is 0 Å². The molecular formula is C22H30IN5O. The molecule has 1 aliphatic heterocycles. The summed E-state index contributed by atoms with van der Waals surface area (Å²) in [5.74, 6) is 0.910. The van der Waals surface area contributed by atoms with E-state index < -0.39 is 0 Å². The number of amides is 2. The number of halogens is 1. The molecule has 0 fully saturated rings. The molecule has 3 rings (SSSR count). The summed E-state index contributed by atoms with van der Waals surface area (Å²) in [5.41, 5.74) is 4.71. The predicted octanol–water partition coefficient (Wildman–Crippen LogP) is 3.97. The number of guanidine groups is 1. The second kappa shape index (κ2) is 11.0. The van der Waals surface area contributed by atoms with Gasteiger partial charge in [0, 0.05) is 38.4 Å². The van der Waals surface area contributed by atoms with Crippen molar-refractivity contribution in [2.75, 3.05) is 18.9 Å². The van der Waals surface area contributed by atoms with E-state index in [2.05, 4.69) is 50.1 Å². The Hall–Kier alpha value is -2.29. The summed E-state index contributed by atoms with van der Waals surface area (Å²) in [6, 6.07) is 16.4. The second-order valence-corrected chi connectivity index (χ2v) is 7.29. The molecule has 1 aliphatic rings. The molecule has 0 bridgehead atoms. The fourth-order valence-corrected chi connectivity index (χ4v) is 3.33. The van der Waals surface area contributed by atoms with E-state index in [1.165, 1.54) is 11.1 Å². The van der Waals surface area contributed by atoms with Crippen LogP contribution in [0.15, 0.2) is 53.5 Å². The van der Waals surface area contributed by atoms with E-state index in [1.54, 1.807) is 0 Å². The number of carbonyl (C=O) groups is 1. The number of hydrogen-bond donors (Lipinski definition) is 3. The van der Waals surface area contributed by atoms with Crippen molar-refractivity contribution >= 4 is 41.7 Å². The molecule has 156 valence electrons. The van der Waals surface area contributed by atoms with Gasteiger partial charge in [-0.05, 0) is 49.1 Å². The maximum atomic E-state index is 11.8. The molecule has 0 aromatic heterocycles. The van der Waals surface area contributed by atoms with Gasteiger partial charge in [-0.3, -0.25) is 4.99 Å². The first-order chi connectivity index (χ1) is 13.5. The summed E-state index contributed by atoms with van der Waals surface area (Å²) in [6.07, 6.45) is 1.04. The van der Waals surface area contributed by atoms with Crippen molar-refractivity contribution < 1.29 is 4.79 Å². The minimum Gasteiger partial charge on any atom is -0.352 e. The average Bonchev–Trinajstić information content (AvgIpc) is 2.69. The van der Waals surface area contributed by atoms with E-state index in [-0.39, 0.29) is 36.0 Å². The quantitative estimate of drug-likeness (QED) is 0.334. The molecule has 0 unspecified atom stereocenters. The molecule has 7 heteroatoms.